The Kier molecular flexibility index (Phi) is 13.5. The summed E-state index contributed by atoms with van der Waals surface area (Å²) in [7, 11) is 0. The first kappa shape index (κ1) is 48.1. The molecule has 0 radical (unpaired) electrons. The van der Waals surface area contributed by atoms with Crippen molar-refractivity contribution in [2.75, 3.05) is 10.6 Å². The Labute approximate surface area is 389 Å². The molecule has 0 amide bonds. The van der Waals surface area contributed by atoms with Gasteiger partial charge in [-0.1, -0.05) is 39.8 Å². The van der Waals surface area contributed by atoms with E-state index in [-0.39, 0.29) is 11.4 Å². The van der Waals surface area contributed by atoms with Crippen LogP contribution in [0.1, 0.15) is 98.7 Å². The standard InChI is InChI=1S/2C24H27FN4O3S/c2*1-13-7-15(9-16(8-13)29-22-27-10-18(25)14(2)28-22)19-11-26-21(33-19)24(32)6-5-17(20(30)31)23(3,4)12-24/h2*7-11,17,32H,5-6,12H2,1-4H3,(H,30,31)(H,27,28,29)/t17?,24-;17-,24-/m01/s1. The van der Waals surface area contributed by atoms with Gasteiger partial charge in [0.25, 0.3) is 0 Å². The molecule has 8 rings (SSSR count). The van der Waals surface area contributed by atoms with Crippen molar-refractivity contribution >= 4 is 57.9 Å². The lowest BCUT2D eigenvalue weighted by Crippen LogP contribution is -2.44. The van der Waals surface area contributed by atoms with Gasteiger partial charge in [0.1, 0.15) is 21.2 Å². The summed E-state index contributed by atoms with van der Waals surface area (Å²) < 4.78 is 26.9. The molecule has 14 nitrogen and oxygen atoms in total. The topological polar surface area (TPSA) is 216 Å². The summed E-state index contributed by atoms with van der Waals surface area (Å²) in [5.41, 5.74) is 2.51. The third kappa shape index (κ3) is 10.6. The van der Waals surface area contributed by atoms with Crippen molar-refractivity contribution in [3.8, 4) is 20.9 Å². The maximum atomic E-state index is 13.5. The van der Waals surface area contributed by atoms with E-state index in [1.54, 1.807) is 26.2 Å². The van der Waals surface area contributed by atoms with Crippen LogP contribution in [0.5, 0.6) is 0 Å². The van der Waals surface area contributed by atoms with E-state index in [4.69, 9.17) is 0 Å². The van der Waals surface area contributed by atoms with E-state index in [0.29, 0.717) is 60.4 Å². The van der Waals surface area contributed by atoms with Crippen LogP contribution in [0.4, 0.5) is 32.1 Å². The quantitative estimate of drug-likeness (QED) is 0.0754. The van der Waals surface area contributed by atoms with Gasteiger partial charge < -0.3 is 31.1 Å². The number of carbonyl (C=O) groups is 2. The highest BCUT2D eigenvalue weighted by molar-refractivity contribution is 7.15. The molecule has 0 bridgehead atoms. The van der Waals surface area contributed by atoms with Crippen molar-refractivity contribution in [1.82, 2.24) is 29.9 Å². The average molecular weight is 941 g/mol. The number of carboxylic acids is 2. The summed E-state index contributed by atoms with van der Waals surface area (Å²) in [6.45, 7) is 14.7. The lowest BCUT2D eigenvalue weighted by molar-refractivity contribution is -0.155. The summed E-state index contributed by atoms with van der Waals surface area (Å²) in [4.78, 5) is 50.3. The Morgan fingerprint density at radius 3 is 1.32 bits per heavy atom. The molecule has 2 aliphatic carbocycles. The maximum Gasteiger partial charge on any atom is 0.307 e. The molecule has 4 heterocycles. The number of aryl methyl sites for hydroxylation is 4. The predicted octanol–water partition coefficient (Wildman–Crippen LogP) is 10.4. The highest BCUT2D eigenvalue weighted by atomic mass is 32.1. The monoisotopic (exact) mass is 940 g/mol. The van der Waals surface area contributed by atoms with Gasteiger partial charge in [0.15, 0.2) is 11.6 Å². The molecule has 4 atom stereocenters. The van der Waals surface area contributed by atoms with Gasteiger partial charge in [0.2, 0.25) is 11.9 Å². The summed E-state index contributed by atoms with van der Waals surface area (Å²) in [5, 5.41) is 49.3. The number of aliphatic carboxylic acids is 2. The van der Waals surface area contributed by atoms with Crippen molar-refractivity contribution in [2.24, 2.45) is 22.7 Å². The number of thiazole rings is 2. The highest BCUT2D eigenvalue weighted by Gasteiger charge is 2.50. The smallest absolute Gasteiger partial charge is 0.307 e. The summed E-state index contributed by atoms with van der Waals surface area (Å²) >= 11 is 2.83. The van der Waals surface area contributed by atoms with Crippen molar-refractivity contribution in [2.45, 2.75) is 105 Å². The molecule has 18 heteroatoms. The number of halogens is 2. The predicted molar refractivity (Wildman–Crippen MR) is 250 cm³/mol. The molecule has 4 aromatic heterocycles. The molecule has 6 N–H and O–H groups in total. The first-order valence-electron chi connectivity index (χ1n) is 21.5. The fraction of sp³-hybridized carbons (Fsp3) is 0.417. The van der Waals surface area contributed by atoms with E-state index in [1.165, 1.54) is 22.7 Å². The second kappa shape index (κ2) is 18.5. The first-order chi connectivity index (χ1) is 30.9. The first-order valence-corrected chi connectivity index (χ1v) is 23.2. The minimum absolute atomic E-state index is 0.265. The van der Waals surface area contributed by atoms with Crippen molar-refractivity contribution in [1.29, 1.82) is 0 Å². The molecule has 2 aromatic carbocycles. The van der Waals surface area contributed by atoms with E-state index >= 15 is 0 Å². The van der Waals surface area contributed by atoms with Crippen LogP contribution in [-0.4, -0.2) is 62.3 Å². The third-order valence-corrected chi connectivity index (χ3v) is 15.0. The molecule has 0 aliphatic heterocycles. The summed E-state index contributed by atoms with van der Waals surface area (Å²) in [5.74, 6) is -2.91. The molecule has 2 fully saturated rings. The van der Waals surface area contributed by atoms with Crippen LogP contribution in [0.15, 0.2) is 61.2 Å². The fourth-order valence-corrected chi connectivity index (χ4v) is 11.3. The van der Waals surface area contributed by atoms with Crippen molar-refractivity contribution in [3.63, 3.8) is 0 Å². The molecule has 348 valence electrons. The van der Waals surface area contributed by atoms with Crippen LogP contribution in [-0.2, 0) is 20.8 Å². The van der Waals surface area contributed by atoms with Crippen LogP contribution in [0.2, 0.25) is 0 Å². The van der Waals surface area contributed by atoms with Crippen LogP contribution in [0.25, 0.3) is 20.9 Å². The minimum Gasteiger partial charge on any atom is -0.481 e. The summed E-state index contributed by atoms with van der Waals surface area (Å²) in [6, 6.07) is 11.8. The molecule has 6 aromatic rings. The highest BCUT2D eigenvalue weighted by Crippen LogP contribution is 2.52. The Bertz CT molecular complexity index is 2610. The molecule has 1 unspecified atom stereocenters. The Morgan fingerprint density at radius 2 is 0.985 bits per heavy atom. The van der Waals surface area contributed by atoms with Crippen molar-refractivity contribution in [3.05, 3.63) is 105 Å². The molecular formula is C48H54F2N8O6S2. The Hall–Kier alpha value is -5.82. The van der Waals surface area contributed by atoms with E-state index in [2.05, 4.69) is 40.5 Å². The molecule has 2 aliphatic rings. The maximum absolute atomic E-state index is 13.5. The number of nitrogens with zero attached hydrogens (tertiary/aromatic N) is 6. The van der Waals surface area contributed by atoms with Gasteiger partial charge in [-0.25, -0.2) is 38.7 Å². The second-order valence-electron chi connectivity index (χ2n) is 19.0. The van der Waals surface area contributed by atoms with Gasteiger partial charge in [-0.05, 0) is 124 Å². The molecular weight excluding hydrogens is 887 g/mol. The summed E-state index contributed by atoms with van der Waals surface area (Å²) in [6.07, 6.45) is 7.97. The van der Waals surface area contributed by atoms with E-state index < -0.39 is 57.4 Å². The number of rotatable bonds is 10. The van der Waals surface area contributed by atoms with Gasteiger partial charge >= 0.3 is 11.9 Å². The molecule has 66 heavy (non-hydrogen) atoms. The molecule has 0 spiro atoms. The van der Waals surface area contributed by atoms with Crippen LogP contribution < -0.4 is 10.6 Å². The van der Waals surface area contributed by atoms with Crippen molar-refractivity contribution < 1.29 is 38.8 Å². The number of carboxylic acid groups (broad SMARTS) is 2. The Morgan fingerprint density at radius 1 is 0.606 bits per heavy atom. The number of hydrogen-bond donors (Lipinski definition) is 6. The van der Waals surface area contributed by atoms with Gasteiger partial charge in [0, 0.05) is 23.8 Å². The number of anilines is 4. The number of nitrogens with one attached hydrogen (secondary N) is 2. The third-order valence-electron chi connectivity index (χ3n) is 12.6. The van der Waals surface area contributed by atoms with Gasteiger partial charge in [0.05, 0.1) is 45.4 Å². The number of aliphatic hydroxyl groups is 2. The van der Waals surface area contributed by atoms with Gasteiger partial charge in [-0.3, -0.25) is 9.59 Å². The Balaban J connectivity index is 0.000000196. The molecule has 0 saturated heterocycles. The zero-order chi connectivity index (χ0) is 47.9. The largest absolute Gasteiger partial charge is 0.481 e. The van der Waals surface area contributed by atoms with Crippen LogP contribution in [0, 0.1) is 62.0 Å². The van der Waals surface area contributed by atoms with Crippen LogP contribution in [0.3, 0.4) is 0 Å². The number of aromatic nitrogens is 6. The zero-order valence-electron chi connectivity index (χ0n) is 38.0. The number of benzene rings is 2. The fourth-order valence-electron chi connectivity index (χ4n) is 9.28. The lowest BCUT2D eigenvalue weighted by atomic mass is 9.63. The second-order valence-corrected chi connectivity index (χ2v) is 21.1. The van der Waals surface area contributed by atoms with Crippen LogP contribution >= 0.6 is 22.7 Å². The lowest BCUT2D eigenvalue weighted by Gasteiger charge is -2.44. The molecule has 2 saturated carbocycles. The normalized spacial score (nSPS) is 22.2. The van der Waals surface area contributed by atoms with Gasteiger partial charge in [-0.2, -0.15) is 0 Å². The van der Waals surface area contributed by atoms with Gasteiger partial charge in [-0.15, -0.1) is 22.7 Å². The van der Waals surface area contributed by atoms with E-state index in [1.807, 2.05) is 77.9 Å². The van der Waals surface area contributed by atoms with E-state index in [9.17, 15) is 38.8 Å². The zero-order valence-corrected chi connectivity index (χ0v) is 39.7. The van der Waals surface area contributed by atoms with E-state index in [0.717, 1.165) is 55.8 Å². The SMILES string of the molecule is Cc1cc(Nc2ncc(F)c(C)n2)cc(-c2cnc([C@@]3(O)CC[C@H](C(=O)O)C(C)(C)C3)s2)c1.Cc1cc(Nc2ncc(F)c(C)n2)cc(-c2cnc([C@]3(O)CCC(C(=O)O)C(C)(C)C3)s2)c1. The number of hydrogen-bond acceptors (Lipinski definition) is 14. The average Bonchev–Trinajstić information content (AvgIpc) is 3.92. The minimum atomic E-state index is -1.15.